The molecule has 24 heavy (non-hydrogen) atoms. The summed E-state index contributed by atoms with van der Waals surface area (Å²) < 4.78 is 15.7. The summed E-state index contributed by atoms with van der Waals surface area (Å²) in [5.74, 6) is -2.00. The van der Waals surface area contributed by atoms with Gasteiger partial charge in [-0.3, -0.25) is 0 Å². The molecule has 2 rings (SSSR count). The van der Waals surface area contributed by atoms with E-state index in [1.54, 1.807) is 0 Å². The third-order valence-corrected chi connectivity index (χ3v) is 4.37. The van der Waals surface area contributed by atoms with Crippen molar-refractivity contribution in [2.24, 2.45) is 0 Å². The van der Waals surface area contributed by atoms with Gasteiger partial charge < -0.3 is 55.1 Å². The van der Waals surface area contributed by atoms with Gasteiger partial charge in [-0.25, -0.2) is 0 Å². The van der Waals surface area contributed by atoms with E-state index in [1.165, 1.54) is 6.92 Å². The molecule has 2 aliphatic rings. The molecule has 0 radical (unpaired) electrons. The Hall–Kier alpha value is -0.440. The van der Waals surface area contributed by atoms with Crippen LogP contribution in [-0.2, 0) is 14.2 Å². The number of rotatable bonds is 4. The lowest BCUT2D eigenvalue weighted by molar-refractivity contribution is -0.396. The summed E-state index contributed by atoms with van der Waals surface area (Å²) >= 11 is 0. The SMILES string of the molecule is C[C@@]1(O[C@@H]2C(CO)O[C@@H](O)[C@@H](O)C2O)OC(CO)[C@@H](O)C(O)[C@@H]1O. The summed E-state index contributed by atoms with van der Waals surface area (Å²) in [6.45, 7) is -0.182. The Bertz CT molecular complexity index is 419. The largest absolute Gasteiger partial charge is 0.394 e. The average Bonchev–Trinajstić information content (AvgIpc) is 2.57. The van der Waals surface area contributed by atoms with E-state index in [9.17, 15) is 40.9 Å². The molecule has 8 N–H and O–H groups in total. The van der Waals surface area contributed by atoms with Crippen LogP contribution in [0.5, 0.6) is 0 Å². The third kappa shape index (κ3) is 3.43. The molecule has 0 saturated carbocycles. The van der Waals surface area contributed by atoms with Crippen molar-refractivity contribution in [3.63, 3.8) is 0 Å². The maximum Gasteiger partial charge on any atom is 0.195 e. The van der Waals surface area contributed by atoms with Crippen molar-refractivity contribution < 1.29 is 55.1 Å². The second-order valence-corrected chi connectivity index (χ2v) is 6.09. The van der Waals surface area contributed by atoms with Crippen molar-refractivity contribution in [1.29, 1.82) is 0 Å². The third-order valence-electron chi connectivity index (χ3n) is 4.37. The van der Waals surface area contributed by atoms with Crippen LogP contribution >= 0.6 is 0 Å². The first-order valence-electron chi connectivity index (χ1n) is 7.47. The van der Waals surface area contributed by atoms with Gasteiger partial charge in [-0.1, -0.05) is 0 Å². The van der Waals surface area contributed by atoms with E-state index in [0.29, 0.717) is 0 Å². The minimum Gasteiger partial charge on any atom is -0.394 e. The smallest absolute Gasteiger partial charge is 0.195 e. The second kappa shape index (κ2) is 7.43. The molecule has 0 aromatic heterocycles. The highest BCUT2D eigenvalue weighted by Gasteiger charge is 2.55. The summed E-state index contributed by atoms with van der Waals surface area (Å²) in [6, 6.07) is 0. The van der Waals surface area contributed by atoms with Gasteiger partial charge in [0, 0.05) is 0 Å². The highest BCUT2D eigenvalue weighted by Crippen LogP contribution is 2.35. The van der Waals surface area contributed by atoms with E-state index in [0.717, 1.165) is 0 Å². The zero-order valence-corrected chi connectivity index (χ0v) is 12.9. The van der Waals surface area contributed by atoms with Gasteiger partial charge in [0.25, 0.3) is 0 Å². The molecule has 11 heteroatoms. The molecule has 2 aliphatic heterocycles. The lowest BCUT2D eigenvalue weighted by Crippen LogP contribution is -2.68. The van der Waals surface area contributed by atoms with E-state index < -0.39 is 74.1 Å². The Kier molecular flexibility index (Phi) is 6.16. The quantitative estimate of drug-likeness (QED) is 0.241. The maximum atomic E-state index is 10.1. The van der Waals surface area contributed by atoms with Gasteiger partial charge >= 0.3 is 0 Å². The molecule has 10 atom stereocenters. The fraction of sp³-hybridized carbons (Fsp3) is 1.00. The standard InChI is InChI=1S/C13H24O11/c1-13(11(20)8(18)6(16)4(2-14)23-13)24-10-5(3-15)22-12(21)9(19)7(10)17/h4-12,14-21H,2-3H2,1H3/t4?,5?,6-,7?,8?,9+,10-,11+,12-,13+/m1/s1. The Morgan fingerprint density at radius 3 is 1.96 bits per heavy atom. The first-order valence-corrected chi connectivity index (χ1v) is 7.47. The lowest BCUT2D eigenvalue weighted by Gasteiger charge is -2.50. The molecular weight excluding hydrogens is 332 g/mol. The van der Waals surface area contributed by atoms with Crippen LogP contribution in [0.25, 0.3) is 0 Å². The molecular formula is C13H24O11. The van der Waals surface area contributed by atoms with Gasteiger partial charge in [0.15, 0.2) is 12.1 Å². The molecule has 0 amide bonds. The van der Waals surface area contributed by atoms with Crippen LogP contribution in [0.4, 0.5) is 0 Å². The maximum absolute atomic E-state index is 10.1. The number of aliphatic hydroxyl groups excluding tert-OH is 8. The molecule has 2 heterocycles. The number of aliphatic hydroxyl groups is 8. The molecule has 0 bridgehead atoms. The van der Waals surface area contributed by atoms with Crippen molar-refractivity contribution in [2.45, 2.75) is 67.8 Å². The Morgan fingerprint density at radius 2 is 1.42 bits per heavy atom. The Balaban J connectivity index is 2.22. The monoisotopic (exact) mass is 356 g/mol. The molecule has 0 aromatic rings. The van der Waals surface area contributed by atoms with Crippen LogP contribution in [-0.4, -0.2) is 115 Å². The van der Waals surface area contributed by atoms with E-state index in [4.69, 9.17) is 14.2 Å². The first kappa shape index (κ1) is 19.9. The molecule has 0 aromatic carbocycles. The highest BCUT2D eigenvalue weighted by atomic mass is 16.7. The first-order chi connectivity index (χ1) is 11.2. The van der Waals surface area contributed by atoms with Crippen molar-refractivity contribution in [3.8, 4) is 0 Å². The van der Waals surface area contributed by atoms with E-state index in [1.807, 2.05) is 0 Å². The van der Waals surface area contributed by atoms with Crippen LogP contribution in [0.2, 0.25) is 0 Å². The van der Waals surface area contributed by atoms with E-state index in [2.05, 4.69) is 0 Å². The van der Waals surface area contributed by atoms with Crippen LogP contribution in [0, 0.1) is 0 Å². The van der Waals surface area contributed by atoms with E-state index in [-0.39, 0.29) is 0 Å². The van der Waals surface area contributed by atoms with Crippen molar-refractivity contribution in [2.75, 3.05) is 13.2 Å². The lowest BCUT2D eigenvalue weighted by atomic mass is 9.92. The van der Waals surface area contributed by atoms with Crippen molar-refractivity contribution in [3.05, 3.63) is 0 Å². The van der Waals surface area contributed by atoms with Gasteiger partial charge in [0.1, 0.15) is 48.8 Å². The number of ether oxygens (including phenoxy) is 3. The molecule has 2 fully saturated rings. The topological polar surface area (TPSA) is 190 Å². The normalized spacial score (nSPS) is 53.1. The second-order valence-electron chi connectivity index (χ2n) is 6.09. The zero-order chi connectivity index (χ0) is 18.2. The highest BCUT2D eigenvalue weighted by molar-refractivity contribution is 4.98. The predicted octanol–water partition coefficient (Wildman–Crippen LogP) is -5.01. The minimum atomic E-state index is -2.00. The summed E-state index contributed by atoms with van der Waals surface area (Å²) in [5, 5.41) is 77.5. The summed E-state index contributed by atoms with van der Waals surface area (Å²) in [4.78, 5) is 0. The van der Waals surface area contributed by atoms with Crippen LogP contribution in [0.1, 0.15) is 6.92 Å². The van der Waals surface area contributed by atoms with Gasteiger partial charge in [-0.05, 0) is 6.92 Å². The fourth-order valence-electron chi connectivity index (χ4n) is 2.88. The molecule has 0 spiro atoms. The zero-order valence-electron chi connectivity index (χ0n) is 12.9. The fourth-order valence-corrected chi connectivity index (χ4v) is 2.88. The number of hydrogen-bond acceptors (Lipinski definition) is 11. The summed E-state index contributed by atoms with van der Waals surface area (Å²) in [6.07, 6.45) is -14.2. The Labute approximate surface area is 137 Å². The van der Waals surface area contributed by atoms with Crippen LogP contribution < -0.4 is 0 Å². The number of hydrogen-bond donors (Lipinski definition) is 8. The van der Waals surface area contributed by atoms with Crippen LogP contribution in [0.15, 0.2) is 0 Å². The summed E-state index contributed by atoms with van der Waals surface area (Å²) in [7, 11) is 0. The summed E-state index contributed by atoms with van der Waals surface area (Å²) in [5.41, 5.74) is 0. The minimum absolute atomic E-state index is 0.682. The molecule has 0 aliphatic carbocycles. The molecule has 2 saturated heterocycles. The van der Waals surface area contributed by atoms with Gasteiger partial charge in [0.05, 0.1) is 13.2 Å². The molecule has 4 unspecified atom stereocenters. The average molecular weight is 356 g/mol. The van der Waals surface area contributed by atoms with Gasteiger partial charge in [-0.15, -0.1) is 0 Å². The molecule has 11 nitrogen and oxygen atoms in total. The van der Waals surface area contributed by atoms with Crippen molar-refractivity contribution >= 4 is 0 Å². The van der Waals surface area contributed by atoms with Gasteiger partial charge in [0.2, 0.25) is 0 Å². The molecule has 142 valence electrons. The van der Waals surface area contributed by atoms with E-state index >= 15 is 0 Å². The van der Waals surface area contributed by atoms with Gasteiger partial charge in [-0.2, -0.15) is 0 Å². The van der Waals surface area contributed by atoms with Crippen LogP contribution in [0.3, 0.4) is 0 Å². The predicted molar refractivity (Wildman–Crippen MR) is 73.2 cm³/mol. The van der Waals surface area contributed by atoms with Crippen molar-refractivity contribution in [1.82, 2.24) is 0 Å². The Morgan fingerprint density at radius 1 is 0.833 bits per heavy atom.